The molecule has 0 rings (SSSR count). The third-order valence-electron chi connectivity index (χ3n) is 4.62. The number of carbonyl (C=O) groups excluding carboxylic acids is 1. The summed E-state index contributed by atoms with van der Waals surface area (Å²) in [5.41, 5.74) is 0. The predicted molar refractivity (Wildman–Crippen MR) is 115 cm³/mol. The van der Waals surface area contributed by atoms with Gasteiger partial charge in [-0.2, -0.15) is 0 Å². The van der Waals surface area contributed by atoms with E-state index < -0.39 is 37.3 Å². The maximum atomic E-state index is 11.4. The zero-order valence-corrected chi connectivity index (χ0v) is 19.1. The minimum absolute atomic E-state index is 0.297. The number of hydrogen-bond acceptors (Lipinski definition) is 7. The average Bonchev–Trinajstić information content (AvgIpc) is 2.64. The van der Waals surface area contributed by atoms with Crippen molar-refractivity contribution in [3.8, 4) is 0 Å². The van der Waals surface area contributed by atoms with E-state index in [0.29, 0.717) is 6.42 Å². The van der Waals surface area contributed by atoms with Crippen LogP contribution in [-0.4, -0.2) is 73.6 Å². The van der Waals surface area contributed by atoms with Crippen molar-refractivity contribution in [3.63, 3.8) is 0 Å². The van der Waals surface area contributed by atoms with Crippen molar-refractivity contribution in [2.45, 2.75) is 117 Å². The molecule has 0 fully saturated rings. The van der Waals surface area contributed by atoms with E-state index in [1.807, 2.05) is 0 Å². The van der Waals surface area contributed by atoms with E-state index >= 15 is 0 Å². The fourth-order valence-electron chi connectivity index (χ4n) is 2.98. The van der Waals surface area contributed by atoms with Crippen molar-refractivity contribution in [1.29, 1.82) is 0 Å². The molecule has 0 aliphatic heterocycles. The second-order valence-electron chi connectivity index (χ2n) is 7.56. The average molecular weight is 437 g/mol. The molecule has 3 unspecified atom stereocenters. The monoisotopic (exact) mass is 436 g/mol. The Labute approximate surface area is 181 Å². The number of hydrogen-bond donors (Lipinski definition) is 6. The van der Waals surface area contributed by atoms with Gasteiger partial charge in [0.25, 0.3) is 0 Å². The zero-order valence-electron chi connectivity index (χ0n) is 19.1. The van der Waals surface area contributed by atoms with Gasteiger partial charge in [0.15, 0.2) is 0 Å². The van der Waals surface area contributed by atoms with Crippen LogP contribution >= 0.6 is 0 Å². The van der Waals surface area contributed by atoms with Gasteiger partial charge >= 0.3 is 5.97 Å². The largest absolute Gasteiger partial charge is 0.480 e. The summed E-state index contributed by atoms with van der Waals surface area (Å²) in [7, 11) is 0. The molecule has 6 N–H and O–H groups in total. The van der Waals surface area contributed by atoms with Gasteiger partial charge in [-0.05, 0) is 27.2 Å². The lowest BCUT2D eigenvalue weighted by Gasteiger charge is -2.30. The number of carboxylic acid groups (broad SMARTS) is 1. The van der Waals surface area contributed by atoms with Crippen LogP contribution in [0.1, 0.15) is 91.9 Å². The minimum atomic E-state index is -1.20. The van der Waals surface area contributed by atoms with Crippen LogP contribution in [0.2, 0.25) is 0 Å². The number of amides is 1. The summed E-state index contributed by atoms with van der Waals surface area (Å²) >= 11 is 0. The molecule has 0 aromatic carbocycles. The van der Waals surface area contributed by atoms with Gasteiger partial charge in [-0.1, -0.05) is 58.3 Å². The van der Waals surface area contributed by atoms with E-state index in [0.717, 1.165) is 19.3 Å². The van der Waals surface area contributed by atoms with Crippen molar-refractivity contribution >= 4 is 11.9 Å². The van der Waals surface area contributed by atoms with Crippen LogP contribution in [0.4, 0.5) is 0 Å². The van der Waals surface area contributed by atoms with Gasteiger partial charge in [-0.3, -0.25) is 4.79 Å². The van der Waals surface area contributed by atoms with Crippen LogP contribution < -0.4 is 5.32 Å². The summed E-state index contributed by atoms with van der Waals surface area (Å²) in [5, 5.41) is 46.6. The van der Waals surface area contributed by atoms with Gasteiger partial charge in [0.05, 0.1) is 6.61 Å². The first-order valence-electron chi connectivity index (χ1n) is 11.0. The summed E-state index contributed by atoms with van der Waals surface area (Å²) in [5.74, 6) is -1.50. The second-order valence-corrected chi connectivity index (χ2v) is 7.56. The number of carboxylic acids is 1. The molecule has 0 aliphatic carbocycles. The third-order valence-corrected chi connectivity index (χ3v) is 4.62. The Bertz CT molecular complexity index is 413. The third kappa shape index (κ3) is 17.6. The fourth-order valence-corrected chi connectivity index (χ4v) is 2.98. The van der Waals surface area contributed by atoms with Gasteiger partial charge in [-0.15, -0.1) is 0 Å². The summed E-state index contributed by atoms with van der Waals surface area (Å²) < 4.78 is 0. The quantitative estimate of drug-likeness (QED) is 0.158. The lowest BCUT2D eigenvalue weighted by atomic mass is 10.1. The molecule has 1 amide bonds. The Morgan fingerprint density at radius 3 is 1.50 bits per heavy atom. The predicted octanol–water partition coefficient (Wildman–Crippen LogP) is 1.77. The lowest BCUT2D eigenvalue weighted by Crippen LogP contribution is -2.45. The topological polar surface area (TPSA) is 151 Å². The number of unbranched alkanes of at least 4 members (excludes halogenated alkanes) is 8. The number of rotatable bonds is 16. The van der Waals surface area contributed by atoms with Gasteiger partial charge < -0.3 is 30.8 Å². The summed E-state index contributed by atoms with van der Waals surface area (Å²) in [6.07, 6.45) is 8.40. The first kappa shape index (κ1) is 30.9. The van der Waals surface area contributed by atoms with Crippen molar-refractivity contribution in [3.05, 3.63) is 0 Å². The van der Waals surface area contributed by atoms with E-state index in [1.165, 1.54) is 64.2 Å². The molecule has 9 nitrogen and oxygen atoms in total. The minimum Gasteiger partial charge on any atom is -0.480 e. The Hall–Kier alpha value is -1.26. The molecule has 0 saturated heterocycles. The molecule has 0 saturated carbocycles. The molecule has 4 atom stereocenters. The molecule has 0 bridgehead atoms. The number of nitrogens with one attached hydrogen (secondary N) is 1. The Morgan fingerprint density at radius 1 is 0.800 bits per heavy atom. The summed E-state index contributed by atoms with van der Waals surface area (Å²) in [6, 6.07) is -1.18. The molecule has 0 aromatic heterocycles. The molecular formula is C21H44N2O7. The first-order chi connectivity index (χ1) is 14.1. The maximum Gasteiger partial charge on any atom is 0.328 e. The van der Waals surface area contributed by atoms with Crippen LogP contribution in [-0.2, 0) is 9.59 Å². The maximum absolute atomic E-state index is 11.4. The number of aliphatic carboxylic acids is 1. The van der Waals surface area contributed by atoms with E-state index in [4.69, 9.17) is 25.5 Å². The number of aliphatic hydroxyl groups is 4. The molecular weight excluding hydrogens is 392 g/mol. The number of nitrogens with zero attached hydrogens (tertiary/aromatic N) is 1. The second kappa shape index (κ2) is 19.7. The van der Waals surface area contributed by atoms with Crippen molar-refractivity contribution in [2.75, 3.05) is 6.61 Å². The van der Waals surface area contributed by atoms with Crippen LogP contribution in [0.5, 0.6) is 0 Å². The highest BCUT2D eigenvalue weighted by molar-refractivity contribution is 5.83. The first-order valence-corrected chi connectivity index (χ1v) is 11.0. The Kier molecular flexibility index (Phi) is 20.3. The molecule has 0 spiro atoms. The standard InChI is InChI=1S/C15H29NO4.C6H15NO3/c1-2-3-4-5-6-7-8-9-10-11-14(18)16-13(12-17)15(19)20;1-4(8)7(5(2)9)6(3)10/h13,17H,2-12H2,1H3,(H,16,18)(H,19,20);4-6,8-10H,1-3H3/t13-;/m0./s1. The summed E-state index contributed by atoms with van der Waals surface area (Å²) in [6.45, 7) is 6.09. The van der Waals surface area contributed by atoms with Crippen molar-refractivity contribution in [2.24, 2.45) is 0 Å². The van der Waals surface area contributed by atoms with Crippen LogP contribution in [0.25, 0.3) is 0 Å². The van der Waals surface area contributed by atoms with E-state index in [2.05, 4.69) is 12.2 Å². The van der Waals surface area contributed by atoms with E-state index in [-0.39, 0.29) is 5.91 Å². The molecule has 180 valence electrons. The molecule has 0 heterocycles. The highest BCUT2D eigenvalue weighted by atomic mass is 16.4. The van der Waals surface area contributed by atoms with E-state index in [9.17, 15) is 9.59 Å². The Balaban J connectivity index is 0. The van der Waals surface area contributed by atoms with Gasteiger partial charge in [0.2, 0.25) is 5.91 Å². The molecule has 0 aliphatic rings. The highest BCUT2D eigenvalue weighted by Gasteiger charge is 2.20. The smallest absolute Gasteiger partial charge is 0.328 e. The van der Waals surface area contributed by atoms with Gasteiger partial charge in [0, 0.05) is 6.42 Å². The normalized spacial score (nSPS) is 15.0. The van der Waals surface area contributed by atoms with E-state index in [1.54, 1.807) is 0 Å². The number of aliphatic hydroxyl groups excluding tert-OH is 4. The van der Waals surface area contributed by atoms with Crippen molar-refractivity contribution < 1.29 is 35.1 Å². The molecule has 30 heavy (non-hydrogen) atoms. The lowest BCUT2D eigenvalue weighted by molar-refractivity contribution is -0.159. The van der Waals surface area contributed by atoms with Crippen LogP contribution in [0.3, 0.4) is 0 Å². The van der Waals surface area contributed by atoms with Gasteiger partial charge in [0.1, 0.15) is 24.7 Å². The number of carbonyl (C=O) groups is 2. The van der Waals surface area contributed by atoms with Gasteiger partial charge in [-0.25, -0.2) is 9.69 Å². The van der Waals surface area contributed by atoms with Crippen LogP contribution in [0.15, 0.2) is 0 Å². The molecule has 0 radical (unpaired) electrons. The molecule has 0 aromatic rings. The Morgan fingerprint density at radius 2 is 1.20 bits per heavy atom. The fraction of sp³-hybridized carbons (Fsp3) is 0.905. The molecule has 9 heteroatoms. The zero-order chi connectivity index (χ0) is 23.5. The summed E-state index contributed by atoms with van der Waals surface area (Å²) in [4.78, 5) is 23.2. The van der Waals surface area contributed by atoms with Crippen molar-refractivity contribution in [1.82, 2.24) is 10.2 Å². The highest BCUT2D eigenvalue weighted by Crippen LogP contribution is 2.10. The SMILES string of the molecule is CC(O)N(C(C)O)C(C)O.CCCCCCCCCCCC(=O)N[C@@H](CO)C(=O)O. The van der Waals surface area contributed by atoms with Crippen LogP contribution in [0, 0.1) is 0 Å².